The number of rotatable bonds is 2. The highest BCUT2D eigenvalue weighted by molar-refractivity contribution is 7.91. The Morgan fingerprint density at radius 3 is 2.52 bits per heavy atom. The van der Waals surface area contributed by atoms with Gasteiger partial charge in [-0.25, -0.2) is 8.42 Å². The Bertz CT molecular complexity index is 629. The first-order valence-electron chi connectivity index (χ1n) is 7.24. The summed E-state index contributed by atoms with van der Waals surface area (Å²) in [6, 6.07) is 1.91. The minimum absolute atomic E-state index is 0.0730. The molecule has 2 fully saturated rings. The molecule has 0 aromatic carbocycles. The van der Waals surface area contributed by atoms with Crippen LogP contribution in [0.5, 0.6) is 0 Å². The number of aryl methyl sites for hydroxylation is 1. The number of carbonyl (C=O) groups is 1. The quantitative estimate of drug-likeness (QED) is 0.797. The zero-order chi connectivity index (χ0) is 15.0. The van der Waals surface area contributed by atoms with Gasteiger partial charge in [-0.1, -0.05) is 0 Å². The summed E-state index contributed by atoms with van der Waals surface area (Å²) in [5.74, 6) is 0.892. The number of nitrogens with zero attached hydrogens (tertiary/aromatic N) is 2. The predicted octanol–water partition coefficient (Wildman–Crippen LogP) is 0.533. The monoisotopic (exact) mass is 312 g/mol. The molecule has 1 aromatic rings. The Morgan fingerprint density at radius 2 is 2.00 bits per heavy atom. The number of piperazine rings is 1. The fourth-order valence-corrected chi connectivity index (χ4v) is 4.85. The molecule has 1 amide bonds. The number of furan rings is 1. The van der Waals surface area contributed by atoms with Crippen LogP contribution in [-0.2, 0) is 9.84 Å². The van der Waals surface area contributed by atoms with Crippen LogP contribution in [0.1, 0.15) is 22.5 Å². The van der Waals surface area contributed by atoms with E-state index in [4.69, 9.17) is 4.42 Å². The Balaban J connectivity index is 1.58. The average Bonchev–Trinajstić information content (AvgIpc) is 3.04. The normalized spacial score (nSPS) is 26.1. The van der Waals surface area contributed by atoms with Gasteiger partial charge in [0.25, 0.3) is 5.91 Å². The summed E-state index contributed by atoms with van der Waals surface area (Å²) in [6.45, 7) is 4.55. The molecule has 0 N–H and O–H groups in total. The van der Waals surface area contributed by atoms with E-state index in [-0.39, 0.29) is 17.7 Å². The maximum absolute atomic E-state index is 12.3. The van der Waals surface area contributed by atoms with E-state index in [1.807, 2.05) is 6.92 Å². The van der Waals surface area contributed by atoms with Crippen molar-refractivity contribution in [2.75, 3.05) is 37.7 Å². The van der Waals surface area contributed by atoms with Gasteiger partial charge in [0.1, 0.15) is 0 Å². The molecule has 7 heteroatoms. The first-order chi connectivity index (χ1) is 9.96. The maximum Gasteiger partial charge on any atom is 0.289 e. The highest BCUT2D eigenvalue weighted by Gasteiger charge is 2.34. The minimum Gasteiger partial charge on any atom is -0.459 e. The zero-order valence-corrected chi connectivity index (χ0v) is 12.9. The lowest BCUT2D eigenvalue weighted by Gasteiger charge is -2.37. The largest absolute Gasteiger partial charge is 0.459 e. The van der Waals surface area contributed by atoms with Crippen molar-refractivity contribution in [3.8, 4) is 0 Å². The third kappa shape index (κ3) is 2.98. The molecule has 6 nitrogen and oxygen atoms in total. The number of hydrogen-bond acceptors (Lipinski definition) is 5. The number of carbonyl (C=O) groups excluding carboxylic acids is 1. The van der Waals surface area contributed by atoms with E-state index in [2.05, 4.69) is 4.90 Å². The van der Waals surface area contributed by atoms with E-state index in [9.17, 15) is 13.2 Å². The second-order valence-corrected chi connectivity index (χ2v) is 8.05. The molecule has 0 saturated carbocycles. The molecule has 3 heterocycles. The summed E-state index contributed by atoms with van der Waals surface area (Å²) in [7, 11) is -2.85. The van der Waals surface area contributed by atoms with Gasteiger partial charge in [-0.2, -0.15) is 0 Å². The third-order valence-corrected chi connectivity index (χ3v) is 6.13. The lowest BCUT2D eigenvalue weighted by molar-refractivity contribution is 0.0557. The van der Waals surface area contributed by atoms with Crippen molar-refractivity contribution in [3.05, 3.63) is 23.7 Å². The highest BCUT2D eigenvalue weighted by Crippen LogP contribution is 2.20. The van der Waals surface area contributed by atoms with Gasteiger partial charge in [0.2, 0.25) is 0 Å². The topological polar surface area (TPSA) is 70.8 Å². The van der Waals surface area contributed by atoms with Crippen molar-refractivity contribution in [3.63, 3.8) is 0 Å². The van der Waals surface area contributed by atoms with Gasteiger partial charge in [-0.15, -0.1) is 0 Å². The third-order valence-electron chi connectivity index (χ3n) is 4.38. The molecule has 116 valence electrons. The van der Waals surface area contributed by atoms with Crippen LogP contribution in [0.2, 0.25) is 0 Å². The molecule has 0 bridgehead atoms. The van der Waals surface area contributed by atoms with Crippen molar-refractivity contribution in [2.24, 2.45) is 0 Å². The van der Waals surface area contributed by atoms with Gasteiger partial charge in [-0.05, 0) is 19.4 Å². The van der Waals surface area contributed by atoms with Crippen LogP contribution in [0.25, 0.3) is 0 Å². The van der Waals surface area contributed by atoms with Crippen molar-refractivity contribution >= 4 is 15.7 Å². The summed E-state index contributed by atoms with van der Waals surface area (Å²) in [5, 5.41) is 0. The Kier molecular flexibility index (Phi) is 3.79. The van der Waals surface area contributed by atoms with E-state index in [1.165, 1.54) is 6.26 Å². The van der Waals surface area contributed by atoms with Crippen LogP contribution >= 0.6 is 0 Å². The lowest BCUT2D eigenvalue weighted by atomic mass is 10.2. The second kappa shape index (κ2) is 5.46. The van der Waals surface area contributed by atoms with Gasteiger partial charge < -0.3 is 9.32 Å². The zero-order valence-electron chi connectivity index (χ0n) is 12.1. The first-order valence-corrected chi connectivity index (χ1v) is 9.06. The van der Waals surface area contributed by atoms with Crippen molar-refractivity contribution in [1.29, 1.82) is 0 Å². The fraction of sp³-hybridized carbons (Fsp3) is 0.643. The Hall–Kier alpha value is -1.34. The molecule has 0 unspecified atom stereocenters. The highest BCUT2D eigenvalue weighted by atomic mass is 32.2. The van der Waals surface area contributed by atoms with E-state index < -0.39 is 9.84 Å². The van der Waals surface area contributed by atoms with E-state index in [1.54, 1.807) is 11.0 Å². The molecular weight excluding hydrogens is 292 g/mol. The number of sulfone groups is 1. The molecule has 2 aliphatic rings. The van der Waals surface area contributed by atoms with Gasteiger partial charge in [-0.3, -0.25) is 9.69 Å². The van der Waals surface area contributed by atoms with Crippen LogP contribution in [0.3, 0.4) is 0 Å². The molecule has 3 rings (SSSR count). The van der Waals surface area contributed by atoms with E-state index >= 15 is 0 Å². The molecule has 1 atom stereocenters. The standard InChI is InChI=1S/C14H20N2O4S/c1-11-2-8-20-13(11)14(17)16-6-4-15(5-7-16)12-3-9-21(18,19)10-12/h2,8,12H,3-7,9-10H2,1H3/t12-/m0/s1. The first kappa shape index (κ1) is 14.6. The number of hydrogen-bond donors (Lipinski definition) is 0. The Labute approximate surface area is 124 Å². The molecule has 0 aliphatic carbocycles. The summed E-state index contributed by atoms with van der Waals surface area (Å²) in [5.41, 5.74) is 0.851. The van der Waals surface area contributed by atoms with E-state index in [0.717, 1.165) is 18.7 Å². The minimum atomic E-state index is -2.85. The van der Waals surface area contributed by atoms with Crippen molar-refractivity contribution < 1.29 is 17.6 Å². The summed E-state index contributed by atoms with van der Waals surface area (Å²) >= 11 is 0. The average molecular weight is 312 g/mol. The van der Waals surface area contributed by atoms with E-state index in [0.29, 0.717) is 31.0 Å². The van der Waals surface area contributed by atoms with Crippen LogP contribution < -0.4 is 0 Å². The fourth-order valence-electron chi connectivity index (χ4n) is 3.09. The molecule has 1 aromatic heterocycles. The van der Waals surface area contributed by atoms with Crippen LogP contribution in [0, 0.1) is 6.92 Å². The van der Waals surface area contributed by atoms with Crippen molar-refractivity contribution in [1.82, 2.24) is 9.80 Å². The smallest absolute Gasteiger partial charge is 0.289 e. The molecule has 0 spiro atoms. The number of amides is 1. The summed E-state index contributed by atoms with van der Waals surface area (Å²) in [6.07, 6.45) is 2.25. The van der Waals surface area contributed by atoms with Gasteiger partial charge in [0.15, 0.2) is 15.6 Å². The summed E-state index contributed by atoms with van der Waals surface area (Å²) < 4.78 is 28.3. The van der Waals surface area contributed by atoms with Crippen LogP contribution in [0.15, 0.2) is 16.7 Å². The molecule has 0 radical (unpaired) electrons. The molecule has 2 aliphatic heterocycles. The lowest BCUT2D eigenvalue weighted by Crippen LogP contribution is -2.52. The molecule has 2 saturated heterocycles. The van der Waals surface area contributed by atoms with Gasteiger partial charge in [0.05, 0.1) is 17.8 Å². The molecule has 21 heavy (non-hydrogen) atoms. The predicted molar refractivity (Wildman–Crippen MR) is 78.0 cm³/mol. The van der Waals surface area contributed by atoms with Crippen LogP contribution in [0.4, 0.5) is 0 Å². The van der Waals surface area contributed by atoms with Crippen molar-refractivity contribution in [2.45, 2.75) is 19.4 Å². The van der Waals surface area contributed by atoms with Gasteiger partial charge >= 0.3 is 0 Å². The second-order valence-electron chi connectivity index (χ2n) is 5.82. The Morgan fingerprint density at radius 1 is 1.29 bits per heavy atom. The SMILES string of the molecule is Cc1ccoc1C(=O)N1CCN([C@H]2CCS(=O)(=O)C2)CC1. The molecular formula is C14H20N2O4S. The maximum atomic E-state index is 12.3. The van der Waals surface area contributed by atoms with Gasteiger partial charge in [0, 0.05) is 37.8 Å². The summed E-state index contributed by atoms with van der Waals surface area (Å²) in [4.78, 5) is 16.3. The van der Waals surface area contributed by atoms with Crippen LogP contribution in [-0.4, -0.2) is 67.9 Å².